The average Bonchev–Trinajstić information content (AvgIpc) is 2.49. The number of alkyl halides is 3. The molecule has 0 spiro atoms. The third-order valence-electron chi connectivity index (χ3n) is 3.14. The smallest absolute Gasteiger partial charge is 0.323 e. The third kappa shape index (κ3) is 4.89. The van der Waals surface area contributed by atoms with E-state index >= 15 is 0 Å². The van der Waals surface area contributed by atoms with E-state index < -0.39 is 11.7 Å². The van der Waals surface area contributed by atoms with Gasteiger partial charge in [0.2, 0.25) is 0 Å². The summed E-state index contributed by atoms with van der Waals surface area (Å²) in [6, 6.07) is 11.0. The van der Waals surface area contributed by atoms with Crippen LogP contribution in [-0.2, 0) is 12.7 Å². The van der Waals surface area contributed by atoms with E-state index in [-0.39, 0.29) is 12.6 Å². The van der Waals surface area contributed by atoms with Gasteiger partial charge >= 0.3 is 12.2 Å². The first kappa shape index (κ1) is 17.1. The molecule has 0 aromatic heterocycles. The second-order valence-corrected chi connectivity index (χ2v) is 5.42. The highest BCUT2D eigenvalue weighted by molar-refractivity contribution is 6.30. The maximum atomic E-state index is 12.5. The molecule has 2 rings (SSSR count). The molecule has 2 amide bonds. The number of rotatable bonds is 3. The van der Waals surface area contributed by atoms with E-state index in [4.69, 9.17) is 11.6 Å². The molecule has 1 N–H and O–H groups in total. The number of urea groups is 1. The number of carbonyl (C=O) groups is 1. The molecule has 3 nitrogen and oxygen atoms in total. The molecule has 0 unspecified atom stereocenters. The molecular weight excluding hydrogens is 329 g/mol. The normalized spacial score (nSPS) is 11.2. The Labute approximate surface area is 136 Å². The lowest BCUT2D eigenvalue weighted by Gasteiger charge is -2.18. The molecule has 0 aliphatic carbocycles. The Morgan fingerprint density at radius 1 is 1.09 bits per heavy atom. The average molecular weight is 343 g/mol. The zero-order valence-corrected chi connectivity index (χ0v) is 12.9. The van der Waals surface area contributed by atoms with Gasteiger partial charge in [-0.05, 0) is 42.0 Å². The van der Waals surface area contributed by atoms with E-state index in [2.05, 4.69) is 5.32 Å². The number of carbonyl (C=O) groups excluding carboxylic acids is 1. The van der Waals surface area contributed by atoms with Gasteiger partial charge in [0.1, 0.15) is 0 Å². The van der Waals surface area contributed by atoms with Gasteiger partial charge in [-0.15, -0.1) is 0 Å². The van der Waals surface area contributed by atoms with E-state index in [1.807, 2.05) is 0 Å². The van der Waals surface area contributed by atoms with E-state index in [9.17, 15) is 18.0 Å². The summed E-state index contributed by atoms with van der Waals surface area (Å²) in [6.07, 6.45) is -4.36. The highest BCUT2D eigenvalue weighted by atomic mass is 35.5. The minimum absolute atomic E-state index is 0.192. The standard InChI is InChI=1S/C16H14ClF3N2O/c1-22(15(23)21-14-8-6-13(17)7-9-14)10-11-2-4-12(5-3-11)16(18,19)20/h2-9H,10H2,1H3,(H,21,23). The number of halogens is 4. The quantitative estimate of drug-likeness (QED) is 0.834. The maximum Gasteiger partial charge on any atom is 0.416 e. The largest absolute Gasteiger partial charge is 0.416 e. The van der Waals surface area contributed by atoms with Gasteiger partial charge in [-0.2, -0.15) is 13.2 Å². The number of nitrogens with zero attached hydrogens (tertiary/aromatic N) is 1. The van der Waals surface area contributed by atoms with Crippen molar-refractivity contribution in [2.24, 2.45) is 0 Å². The lowest BCUT2D eigenvalue weighted by Crippen LogP contribution is -2.30. The number of hydrogen-bond acceptors (Lipinski definition) is 1. The topological polar surface area (TPSA) is 32.3 Å². The zero-order valence-electron chi connectivity index (χ0n) is 12.2. The second kappa shape index (κ2) is 6.91. The van der Waals surface area contributed by atoms with Gasteiger partial charge in [0, 0.05) is 24.3 Å². The van der Waals surface area contributed by atoms with Gasteiger partial charge in [-0.1, -0.05) is 23.7 Å². The molecule has 0 aliphatic heterocycles. The van der Waals surface area contributed by atoms with Gasteiger partial charge in [0.25, 0.3) is 0 Å². The summed E-state index contributed by atoms with van der Waals surface area (Å²) in [5.41, 5.74) is 0.472. The molecule has 2 aromatic rings. The Balaban J connectivity index is 1.96. The molecule has 0 atom stereocenters. The van der Waals surface area contributed by atoms with Crippen molar-refractivity contribution in [2.45, 2.75) is 12.7 Å². The van der Waals surface area contributed by atoms with E-state index in [1.165, 1.54) is 17.0 Å². The van der Waals surface area contributed by atoms with E-state index in [1.54, 1.807) is 31.3 Å². The Kier molecular flexibility index (Phi) is 5.15. The van der Waals surface area contributed by atoms with Crippen LogP contribution in [0.5, 0.6) is 0 Å². The van der Waals surface area contributed by atoms with E-state index in [0.717, 1.165) is 12.1 Å². The molecule has 7 heteroatoms. The summed E-state index contributed by atoms with van der Waals surface area (Å²) in [5, 5.41) is 3.23. The fourth-order valence-electron chi connectivity index (χ4n) is 1.90. The highest BCUT2D eigenvalue weighted by Crippen LogP contribution is 2.29. The molecule has 0 saturated heterocycles. The third-order valence-corrected chi connectivity index (χ3v) is 3.40. The SMILES string of the molecule is CN(Cc1ccc(C(F)(F)F)cc1)C(=O)Nc1ccc(Cl)cc1. The van der Waals surface area contributed by atoms with Crippen LogP contribution in [0, 0.1) is 0 Å². The lowest BCUT2D eigenvalue weighted by atomic mass is 10.1. The Bertz CT molecular complexity index is 669. The van der Waals surface area contributed by atoms with Crippen LogP contribution >= 0.6 is 11.6 Å². The van der Waals surface area contributed by atoms with Gasteiger partial charge < -0.3 is 10.2 Å². The summed E-state index contributed by atoms with van der Waals surface area (Å²) in [5.74, 6) is 0. The van der Waals surface area contributed by atoms with Crippen molar-refractivity contribution < 1.29 is 18.0 Å². The molecule has 23 heavy (non-hydrogen) atoms. The van der Waals surface area contributed by atoms with Crippen molar-refractivity contribution in [2.75, 3.05) is 12.4 Å². The monoisotopic (exact) mass is 342 g/mol. The van der Waals surface area contributed by atoms with Crippen molar-refractivity contribution in [3.05, 3.63) is 64.7 Å². The van der Waals surface area contributed by atoms with E-state index in [0.29, 0.717) is 16.3 Å². The molecule has 0 heterocycles. The van der Waals surface area contributed by atoms with Crippen molar-refractivity contribution >= 4 is 23.3 Å². The van der Waals surface area contributed by atoms with Gasteiger partial charge in [0.15, 0.2) is 0 Å². The Morgan fingerprint density at radius 2 is 1.65 bits per heavy atom. The fourth-order valence-corrected chi connectivity index (χ4v) is 2.02. The van der Waals surface area contributed by atoms with Gasteiger partial charge in [-0.25, -0.2) is 4.79 Å². The van der Waals surface area contributed by atoms with Crippen molar-refractivity contribution in [3.8, 4) is 0 Å². The zero-order chi connectivity index (χ0) is 17.0. The van der Waals surface area contributed by atoms with Crippen molar-refractivity contribution in [1.82, 2.24) is 4.90 Å². The van der Waals surface area contributed by atoms with Crippen LogP contribution in [0.25, 0.3) is 0 Å². The molecule has 0 fully saturated rings. The predicted molar refractivity (Wildman–Crippen MR) is 83.4 cm³/mol. The van der Waals surface area contributed by atoms with Crippen LogP contribution < -0.4 is 5.32 Å². The summed E-state index contributed by atoms with van der Waals surface area (Å²) in [7, 11) is 1.56. The fraction of sp³-hybridized carbons (Fsp3) is 0.188. The van der Waals surface area contributed by atoms with Crippen LogP contribution in [0.3, 0.4) is 0 Å². The lowest BCUT2D eigenvalue weighted by molar-refractivity contribution is -0.137. The Morgan fingerprint density at radius 3 is 2.17 bits per heavy atom. The number of amides is 2. The van der Waals surface area contributed by atoms with Crippen LogP contribution in [-0.4, -0.2) is 18.0 Å². The maximum absolute atomic E-state index is 12.5. The van der Waals surface area contributed by atoms with Crippen LogP contribution in [0.15, 0.2) is 48.5 Å². The molecular formula is C16H14ClF3N2O. The number of anilines is 1. The summed E-state index contributed by atoms with van der Waals surface area (Å²) in [6.45, 7) is 0.192. The summed E-state index contributed by atoms with van der Waals surface area (Å²) < 4.78 is 37.5. The molecule has 2 aromatic carbocycles. The van der Waals surface area contributed by atoms with Crippen LogP contribution in [0.1, 0.15) is 11.1 Å². The second-order valence-electron chi connectivity index (χ2n) is 4.99. The number of benzene rings is 2. The summed E-state index contributed by atoms with van der Waals surface area (Å²) in [4.78, 5) is 13.4. The minimum atomic E-state index is -4.36. The highest BCUT2D eigenvalue weighted by Gasteiger charge is 2.29. The van der Waals surface area contributed by atoms with Crippen LogP contribution in [0.4, 0.5) is 23.7 Å². The molecule has 0 bridgehead atoms. The summed E-state index contributed by atoms with van der Waals surface area (Å²) >= 11 is 5.76. The van der Waals surface area contributed by atoms with Crippen LogP contribution in [0.2, 0.25) is 5.02 Å². The molecule has 0 saturated carbocycles. The molecule has 0 aliphatic rings. The number of nitrogens with one attached hydrogen (secondary N) is 1. The Hall–Kier alpha value is -2.21. The molecule has 122 valence electrons. The van der Waals surface area contributed by atoms with Crippen molar-refractivity contribution in [3.63, 3.8) is 0 Å². The van der Waals surface area contributed by atoms with Gasteiger partial charge in [-0.3, -0.25) is 0 Å². The first-order valence-corrected chi connectivity index (χ1v) is 7.07. The minimum Gasteiger partial charge on any atom is -0.323 e. The molecule has 0 radical (unpaired) electrons. The number of hydrogen-bond donors (Lipinski definition) is 1. The first-order chi connectivity index (χ1) is 10.8. The first-order valence-electron chi connectivity index (χ1n) is 6.69. The van der Waals surface area contributed by atoms with Crippen molar-refractivity contribution in [1.29, 1.82) is 0 Å². The van der Waals surface area contributed by atoms with Gasteiger partial charge in [0.05, 0.1) is 5.56 Å². The predicted octanol–water partition coefficient (Wildman–Crippen LogP) is 5.02.